The first-order valence-electron chi connectivity index (χ1n) is 5.53. The number of anilines is 1. The van der Waals surface area contributed by atoms with Crippen LogP contribution in [0.3, 0.4) is 0 Å². The zero-order valence-electron chi connectivity index (χ0n) is 9.45. The fraction of sp³-hybridized carbons (Fsp3) is 0.417. The van der Waals surface area contributed by atoms with Crippen LogP contribution in [0.5, 0.6) is 0 Å². The van der Waals surface area contributed by atoms with Crippen molar-refractivity contribution in [3.8, 4) is 0 Å². The number of carboxylic acid groups (broad SMARTS) is 1. The average molecular weight is 241 g/mol. The van der Waals surface area contributed by atoms with Crippen LogP contribution < -0.4 is 5.32 Å². The third-order valence-electron chi connectivity index (χ3n) is 2.38. The number of nitrogens with one attached hydrogen (secondary N) is 1. The van der Waals surface area contributed by atoms with Crippen molar-refractivity contribution in [2.24, 2.45) is 0 Å². The number of halogens is 1. The highest BCUT2D eigenvalue weighted by molar-refractivity contribution is 5.94. The van der Waals surface area contributed by atoms with Gasteiger partial charge >= 0.3 is 5.97 Å². The SMILES string of the molecule is O=C(O)c1cccc(F)c1NCCCCCO. The first-order valence-corrected chi connectivity index (χ1v) is 5.53. The zero-order valence-corrected chi connectivity index (χ0v) is 9.45. The van der Waals surface area contributed by atoms with E-state index >= 15 is 0 Å². The second-order valence-corrected chi connectivity index (χ2v) is 3.68. The van der Waals surface area contributed by atoms with Crippen LogP contribution in [-0.4, -0.2) is 29.3 Å². The van der Waals surface area contributed by atoms with E-state index in [4.69, 9.17) is 10.2 Å². The van der Waals surface area contributed by atoms with Crippen LogP contribution in [0.1, 0.15) is 29.6 Å². The lowest BCUT2D eigenvalue weighted by Gasteiger charge is -2.10. The van der Waals surface area contributed by atoms with Crippen molar-refractivity contribution in [2.75, 3.05) is 18.5 Å². The van der Waals surface area contributed by atoms with E-state index in [1.807, 2.05) is 0 Å². The van der Waals surface area contributed by atoms with E-state index in [0.29, 0.717) is 13.0 Å². The summed E-state index contributed by atoms with van der Waals surface area (Å²) in [5, 5.41) is 20.3. The highest BCUT2D eigenvalue weighted by Crippen LogP contribution is 2.19. The summed E-state index contributed by atoms with van der Waals surface area (Å²) in [6.45, 7) is 0.626. The molecule has 0 radical (unpaired) electrons. The first-order chi connectivity index (χ1) is 8.16. The molecule has 0 aliphatic carbocycles. The quantitative estimate of drug-likeness (QED) is 0.639. The molecule has 4 nitrogen and oxygen atoms in total. The summed E-state index contributed by atoms with van der Waals surface area (Å²) in [6, 6.07) is 3.96. The van der Waals surface area contributed by atoms with Crippen LogP contribution >= 0.6 is 0 Å². The molecule has 0 spiro atoms. The molecule has 0 saturated carbocycles. The third-order valence-corrected chi connectivity index (χ3v) is 2.38. The van der Waals surface area contributed by atoms with Gasteiger partial charge in [-0.15, -0.1) is 0 Å². The maximum atomic E-state index is 13.4. The molecular weight excluding hydrogens is 225 g/mol. The minimum absolute atomic E-state index is 0.0315. The average Bonchev–Trinajstić information content (AvgIpc) is 2.30. The van der Waals surface area contributed by atoms with Crippen LogP contribution in [0.2, 0.25) is 0 Å². The molecule has 1 aromatic carbocycles. The Hall–Kier alpha value is -1.62. The van der Waals surface area contributed by atoms with E-state index in [-0.39, 0.29) is 17.9 Å². The first kappa shape index (κ1) is 13.4. The lowest BCUT2D eigenvalue weighted by atomic mass is 10.1. The number of carboxylic acids is 1. The van der Waals surface area contributed by atoms with Crippen molar-refractivity contribution in [1.82, 2.24) is 0 Å². The van der Waals surface area contributed by atoms with Crippen molar-refractivity contribution in [3.63, 3.8) is 0 Å². The van der Waals surface area contributed by atoms with Gasteiger partial charge in [-0.05, 0) is 31.4 Å². The molecular formula is C12H16FNO3. The summed E-state index contributed by atoms with van der Waals surface area (Å²) in [5.74, 6) is -1.71. The Morgan fingerprint density at radius 3 is 2.71 bits per heavy atom. The minimum Gasteiger partial charge on any atom is -0.478 e. The molecule has 1 rings (SSSR count). The lowest BCUT2D eigenvalue weighted by Crippen LogP contribution is -2.09. The van der Waals surface area contributed by atoms with E-state index < -0.39 is 11.8 Å². The Morgan fingerprint density at radius 1 is 1.29 bits per heavy atom. The summed E-state index contributed by atoms with van der Waals surface area (Å²) in [5.41, 5.74) is -0.0313. The van der Waals surface area contributed by atoms with Gasteiger partial charge in [-0.3, -0.25) is 0 Å². The van der Waals surface area contributed by atoms with Crippen molar-refractivity contribution in [2.45, 2.75) is 19.3 Å². The molecule has 0 atom stereocenters. The topological polar surface area (TPSA) is 69.6 Å². The monoisotopic (exact) mass is 241 g/mol. The molecule has 94 valence electrons. The highest BCUT2D eigenvalue weighted by Gasteiger charge is 2.13. The van der Waals surface area contributed by atoms with Gasteiger partial charge in [0.15, 0.2) is 0 Å². The summed E-state index contributed by atoms with van der Waals surface area (Å²) in [7, 11) is 0. The number of unbranched alkanes of at least 4 members (excludes halogenated alkanes) is 2. The van der Waals surface area contributed by atoms with Crippen LogP contribution in [0.25, 0.3) is 0 Å². The fourth-order valence-electron chi connectivity index (χ4n) is 1.51. The van der Waals surface area contributed by atoms with Crippen LogP contribution in [0.15, 0.2) is 18.2 Å². The van der Waals surface area contributed by atoms with Gasteiger partial charge in [-0.2, -0.15) is 0 Å². The standard InChI is InChI=1S/C12H16FNO3/c13-10-6-4-5-9(12(16)17)11(10)14-7-2-1-3-8-15/h4-6,14-15H,1-3,7-8H2,(H,16,17). The Labute approximate surface area is 99.1 Å². The highest BCUT2D eigenvalue weighted by atomic mass is 19.1. The number of hydrogen-bond acceptors (Lipinski definition) is 3. The normalized spacial score (nSPS) is 10.2. The summed E-state index contributed by atoms with van der Waals surface area (Å²) < 4.78 is 13.4. The molecule has 0 bridgehead atoms. The number of benzene rings is 1. The minimum atomic E-state index is -1.15. The predicted molar refractivity (Wildman–Crippen MR) is 62.8 cm³/mol. The van der Waals surface area contributed by atoms with Crippen molar-refractivity contribution < 1.29 is 19.4 Å². The molecule has 0 aliphatic heterocycles. The smallest absolute Gasteiger partial charge is 0.337 e. The predicted octanol–water partition coefficient (Wildman–Crippen LogP) is 2.10. The van der Waals surface area contributed by atoms with E-state index in [1.54, 1.807) is 0 Å². The van der Waals surface area contributed by atoms with E-state index in [9.17, 15) is 9.18 Å². The molecule has 0 heterocycles. The Morgan fingerprint density at radius 2 is 2.06 bits per heavy atom. The molecule has 5 heteroatoms. The second kappa shape index (κ2) is 6.85. The Balaban J connectivity index is 2.60. The van der Waals surface area contributed by atoms with Crippen molar-refractivity contribution in [1.29, 1.82) is 0 Å². The fourth-order valence-corrected chi connectivity index (χ4v) is 1.51. The third kappa shape index (κ3) is 4.03. The number of carbonyl (C=O) groups is 1. The van der Waals surface area contributed by atoms with Crippen molar-refractivity contribution >= 4 is 11.7 Å². The number of aliphatic hydroxyl groups is 1. The second-order valence-electron chi connectivity index (χ2n) is 3.68. The molecule has 0 fully saturated rings. The molecule has 17 heavy (non-hydrogen) atoms. The molecule has 0 amide bonds. The van der Waals surface area contributed by atoms with Gasteiger partial charge in [0.2, 0.25) is 0 Å². The summed E-state index contributed by atoms with van der Waals surface area (Å²) in [6.07, 6.45) is 2.28. The summed E-state index contributed by atoms with van der Waals surface area (Å²) >= 11 is 0. The van der Waals surface area contributed by atoms with E-state index in [2.05, 4.69) is 5.32 Å². The van der Waals surface area contributed by atoms with Gasteiger partial charge in [-0.25, -0.2) is 9.18 Å². The molecule has 0 saturated heterocycles. The number of aromatic carboxylic acids is 1. The molecule has 0 aliphatic rings. The van der Waals surface area contributed by atoms with E-state index in [1.165, 1.54) is 18.2 Å². The largest absolute Gasteiger partial charge is 0.478 e. The maximum Gasteiger partial charge on any atom is 0.337 e. The zero-order chi connectivity index (χ0) is 12.7. The van der Waals surface area contributed by atoms with Gasteiger partial charge in [0.05, 0.1) is 11.3 Å². The number of rotatable bonds is 7. The van der Waals surface area contributed by atoms with Gasteiger partial charge < -0.3 is 15.5 Å². The maximum absolute atomic E-state index is 13.4. The van der Waals surface area contributed by atoms with Gasteiger partial charge in [-0.1, -0.05) is 6.07 Å². The Bertz CT molecular complexity index is 382. The molecule has 3 N–H and O–H groups in total. The van der Waals surface area contributed by atoms with Crippen LogP contribution in [0, 0.1) is 5.82 Å². The molecule has 0 aromatic heterocycles. The number of para-hydroxylation sites is 1. The van der Waals surface area contributed by atoms with E-state index in [0.717, 1.165) is 12.8 Å². The number of aliphatic hydroxyl groups excluding tert-OH is 1. The van der Waals surface area contributed by atoms with Crippen LogP contribution in [-0.2, 0) is 0 Å². The van der Waals surface area contributed by atoms with Crippen molar-refractivity contribution in [3.05, 3.63) is 29.6 Å². The number of hydrogen-bond donors (Lipinski definition) is 3. The molecule has 1 aromatic rings. The van der Waals surface area contributed by atoms with Gasteiger partial charge in [0, 0.05) is 13.2 Å². The lowest BCUT2D eigenvalue weighted by molar-refractivity contribution is 0.0697. The summed E-state index contributed by atoms with van der Waals surface area (Å²) in [4.78, 5) is 10.9. The van der Waals surface area contributed by atoms with Gasteiger partial charge in [0.25, 0.3) is 0 Å². The van der Waals surface area contributed by atoms with Crippen LogP contribution in [0.4, 0.5) is 10.1 Å². The Kier molecular flexibility index (Phi) is 5.42. The molecule has 0 unspecified atom stereocenters. The van der Waals surface area contributed by atoms with Gasteiger partial charge in [0.1, 0.15) is 5.82 Å².